The minimum absolute atomic E-state index is 0.385. The number of rotatable bonds is 3. The van der Waals surface area contributed by atoms with Crippen molar-refractivity contribution < 1.29 is 9.30 Å². The van der Waals surface area contributed by atoms with Gasteiger partial charge < -0.3 is 9.72 Å². The van der Waals surface area contributed by atoms with Gasteiger partial charge in [0.25, 0.3) is 12.2 Å². The highest BCUT2D eigenvalue weighted by molar-refractivity contribution is 5.81. The van der Waals surface area contributed by atoms with Crippen molar-refractivity contribution in [2.24, 2.45) is 7.05 Å². The van der Waals surface area contributed by atoms with Gasteiger partial charge in [-0.15, -0.1) is 0 Å². The fourth-order valence-corrected chi connectivity index (χ4v) is 2.55. The number of hydrogen-bond donors (Lipinski definition) is 1. The standard InChI is InChI=1S/C17H15N4O/c1-21-11-18-13-7-3-2-6-12(13)17(21)22-10-16-19-14-8-4-5-9-15(14)20-16/h2-9,11H,10H2,1H3,(H,19,20)/q+1. The molecule has 0 saturated carbocycles. The molecule has 0 aliphatic carbocycles. The second-order valence-electron chi connectivity index (χ2n) is 5.17. The van der Waals surface area contributed by atoms with E-state index in [0.717, 1.165) is 33.6 Å². The van der Waals surface area contributed by atoms with Crippen molar-refractivity contribution in [3.63, 3.8) is 0 Å². The zero-order valence-corrected chi connectivity index (χ0v) is 12.2. The molecular formula is C17H15N4O+. The fraction of sp³-hybridized carbons (Fsp3) is 0.118. The highest BCUT2D eigenvalue weighted by atomic mass is 16.5. The zero-order chi connectivity index (χ0) is 14.9. The van der Waals surface area contributed by atoms with Crippen molar-refractivity contribution in [3.05, 3.63) is 60.7 Å². The highest BCUT2D eigenvalue weighted by Gasteiger charge is 2.14. The Kier molecular flexibility index (Phi) is 2.96. The molecule has 0 radical (unpaired) electrons. The molecule has 2 heterocycles. The molecule has 0 bridgehead atoms. The van der Waals surface area contributed by atoms with Gasteiger partial charge in [0.1, 0.15) is 17.8 Å². The number of ether oxygens (including phenoxy) is 1. The second kappa shape index (κ2) is 5.11. The van der Waals surface area contributed by atoms with Crippen molar-refractivity contribution >= 4 is 21.9 Å². The Bertz CT molecular complexity index is 928. The van der Waals surface area contributed by atoms with E-state index in [-0.39, 0.29) is 0 Å². The first kappa shape index (κ1) is 12.8. The molecule has 0 fully saturated rings. The van der Waals surface area contributed by atoms with Crippen molar-refractivity contribution in [2.75, 3.05) is 0 Å². The van der Waals surface area contributed by atoms with Crippen molar-refractivity contribution in [1.29, 1.82) is 0 Å². The Morgan fingerprint density at radius 2 is 1.82 bits per heavy atom. The van der Waals surface area contributed by atoms with Crippen LogP contribution in [0, 0.1) is 0 Å². The molecule has 5 nitrogen and oxygen atoms in total. The van der Waals surface area contributed by atoms with Crippen LogP contribution in [0.4, 0.5) is 0 Å². The number of benzene rings is 2. The Morgan fingerprint density at radius 3 is 2.68 bits per heavy atom. The van der Waals surface area contributed by atoms with Crippen LogP contribution in [0.25, 0.3) is 21.9 Å². The van der Waals surface area contributed by atoms with Gasteiger partial charge in [-0.25, -0.2) is 9.55 Å². The van der Waals surface area contributed by atoms with Gasteiger partial charge in [-0.3, -0.25) is 0 Å². The molecule has 0 spiro atoms. The number of aromatic nitrogens is 4. The minimum Gasteiger partial charge on any atom is -0.454 e. The van der Waals surface area contributed by atoms with Gasteiger partial charge in [-0.1, -0.05) is 24.3 Å². The molecule has 0 atom stereocenters. The van der Waals surface area contributed by atoms with Crippen molar-refractivity contribution in [2.45, 2.75) is 6.61 Å². The lowest BCUT2D eigenvalue weighted by molar-refractivity contribution is -0.679. The minimum atomic E-state index is 0.385. The third kappa shape index (κ3) is 2.16. The molecule has 4 rings (SSSR count). The highest BCUT2D eigenvalue weighted by Crippen LogP contribution is 2.20. The molecule has 0 aliphatic heterocycles. The quantitative estimate of drug-likeness (QED) is 0.590. The summed E-state index contributed by atoms with van der Waals surface area (Å²) in [5.74, 6) is 1.59. The van der Waals surface area contributed by atoms with Gasteiger partial charge >= 0.3 is 0 Å². The number of aryl methyl sites for hydroxylation is 1. The first-order valence-corrected chi connectivity index (χ1v) is 7.11. The van der Waals surface area contributed by atoms with Gasteiger partial charge in [-0.2, -0.15) is 0 Å². The van der Waals surface area contributed by atoms with Crippen LogP contribution in [0.5, 0.6) is 5.88 Å². The number of nitrogens with zero attached hydrogens (tertiary/aromatic N) is 3. The van der Waals surface area contributed by atoms with E-state index in [1.165, 1.54) is 0 Å². The second-order valence-corrected chi connectivity index (χ2v) is 5.17. The Hall–Kier alpha value is -2.95. The molecule has 2 aromatic heterocycles. The monoisotopic (exact) mass is 291 g/mol. The van der Waals surface area contributed by atoms with Crippen LogP contribution in [0.3, 0.4) is 0 Å². The maximum absolute atomic E-state index is 5.99. The summed E-state index contributed by atoms with van der Waals surface area (Å²) in [6.45, 7) is 0.385. The predicted molar refractivity (Wildman–Crippen MR) is 83.3 cm³/mol. The molecule has 22 heavy (non-hydrogen) atoms. The third-order valence-corrected chi connectivity index (χ3v) is 3.61. The predicted octanol–water partition coefficient (Wildman–Crippen LogP) is 2.51. The van der Waals surface area contributed by atoms with E-state index in [1.807, 2.05) is 60.1 Å². The van der Waals surface area contributed by atoms with E-state index < -0.39 is 0 Å². The maximum atomic E-state index is 5.99. The van der Waals surface area contributed by atoms with Crippen LogP contribution in [0.15, 0.2) is 54.9 Å². The largest absolute Gasteiger partial charge is 0.454 e. The van der Waals surface area contributed by atoms with E-state index >= 15 is 0 Å². The molecule has 108 valence electrons. The van der Waals surface area contributed by atoms with Crippen LogP contribution < -0.4 is 9.30 Å². The molecule has 0 saturated heterocycles. The molecule has 1 N–H and O–H groups in total. The Balaban J connectivity index is 1.67. The summed E-state index contributed by atoms with van der Waals surface area (Å²) in [7, 11) is 1.92. The number of nitrogens with one attached hydrogen (secondary N) is 1. The lowest BCUT2D eigenvalue weighted by atomic mass is 10.2. The van der Waals surface area contributed by atoms with Crippen LogP contribution in [0.2, 0.25) is 0 Å². The lowest BCUT2D eigenvalue weighted by Gasteiger charge is -2.06. The van der Waals surface area contributed by atoms with Gasteiger partial charge in [0.05, 0.1) is 18.1 Å². The SMILES string of the molecule is C[n+]1cnc2ccccc2c1OCc1nc2ccccc2[nH]1. The number of H-pyrrole nitrogens is 1. The topological polar surface area (TPSA) is 54.7 Å². The number of hydrogen-bond acceptors (Lipinski definition) is 3. The number of para-hydroxylation sites is 3. The first-order valence-electron chi connectivity index (χ1n) is 7.11. The third-order valence-electron chi connectivity index (χ3n) is 3.61. The van der Waals surface area contributed by atoms with Crippen LogP contribution in [-0.2, 0) is 13.7 Å². The molecule has 0 amide bonds. The zero-order valence-electron chi connectivity index (χ0n) is 12.2. The summed E-state index contributed by atoms with van der Waals surface area (Å²) in [5.41, 5.74) is 2.88. The van der Waals surface area contributed by atoms with E-state index in [4.69, 9.17) is 4.74 Å². The van der Waals surface area contributed by atoms with E-state index in [1.54, 1.807) is 6.33 Å². The first-order chi connectivity index (χ1) is 10.8. The maximum Gasteiger partial charge on any atom is 0.296 e. The number of imidazole rings is 1. The Morgan fingerprint density at radius 1 is 1.05 bits per heavy atom. The van der Waals surface area contributed by atoms with Crippen molar-refractivity contribution in [3.8, 4) is 5.88 Å². The average molecular weight is 291 g/mol. The summed E-state index contributed by atoms with van der Waals surface area (Å²) in [5, 5.41) is 0.989. The normalized spacial score (nSPS) is 11.1. The van der Waals surface area contributed by atoms with E-state index in [0.29, 0.717) is 6.61 Å². The van der Waals surface area contributed by atoms with Gasteiger partial charge in [0.15, 0.2) is 5.52 Å². The number of aromatic amines is 1. The molecule has 0 aliphatic rings. The van der Waals surface area contributed by atoms with Crippen molar-refractivity contribution in [1.82, 2.24) is 15.0 Å². The average Bonchev–Trinajstić information content (AvgIpc) is 2.97. The van der Waals surface area contributed by atoms with Gasteiger partial charge in [0, 0.05) is 0 Å². The number of fused-ring (bicyclic) bond motifs is 2. The fourth-order valence-electron chi connectivity index (χ4n) is 2.55. The molecule has 2 aromatic carbocycles. The summed E-state index contributed by atoms with van der Waals surface area (Å²) in [6, 6.07) is 15.9. The molecule has 5 heteroatoms. The molecule has 4 aromatic rings. The molecular weight excluding hydrogens is 276 g/mol. The summed E-state index contributed by atoms with van der Waals surface area (Å²) < 4.78 is 7.87. The van der Waals surface area contributed by atoms with Crippen LogP contribution in [-0.4, -0.2) is 15.0 Å². The van der Waals surface area contributed by atoms with Gasteiger partial charge in [-0.05, 0) is 29.2 Å². The summed E-state index contributed by atoms with van der Waals surface area (Å²) >= 11 is 0. The van der Waals surface area contributed by atoms with E-state index in [2.05, 4.69) is 15.0 Å². The summed E-state index contributed by atoms with van der Waals surface area (Å²) in [4.78, 5) is 12.2. The van der Waals surface area contributed by atoms with Crippen LogP contribution in [0.1, 0.15) is 5.82 Å². The lowest BCUT2D eigenvalue weighted by Crippen LogP contribution is -2.31. The Labute approximate surface area is 127 Å². The summed E-state index contributed by atoms with van der Waals surface area (Å²) in [6.07, 6.45) is 1.76. The van der Waals surface area contributed by atoms with E-state index in [9.17, 15) is 0 Å². The van der Waals surface area contributed by atoms with Crippen LogP contribution >= 0.6 is 0 Å². The molecule has 0 unspecified atom stereocenters. The van der Waals surface area contributed by atoms with Gasteiger partial charge in [0.2, 0.25) is 0 Å². The smallest absolute Gasteiger partial charge is 0.296 e.